The van der Waals surface area contributed by atoms with Gasteiger partial charge in [-0.05, 0) is 42.2 Å². The molecule has 2 aliphatic rings. The van der Waals surface area contributed by atoms with E-state index in [1.807, 2.05) is 24.3 Å². The zero-order valence-electron chi connectivity index (χ0n) is 20.8. The first-order chi connectivity index (χ1) is 17.5. The second-order valence-electron chi connectivity index (χ2n) is 8.54. The normalized spacial score (nSPS) is 18.6. The van der Waals surface area contributed by atoms with Crippen molar-refractivity contribution in [2.75, 3.05) is 40.9 Å². The molecular weight excluding hydrogens is 464 g/mol. The van der Waals surface area contributed by atoms with Crippen molar-refractivity contribution in [1.29, 1.82) is 0 Å². The number of allylic oxidation sites excluding steroid dienone is 2. The average molecular weight is 493 g/mol. The molecule has 0 fully saturated rings. The van der Waals surface area contributed by atoms with Crippen LogP contribution >= 0.6 is 0 Å². The molecular formula is C26H28N4O6. The van der Waals surface area contributed by atoms with E-state index in [0.29, 0.717) is 53.1 Å². The molecule has 10 nitrogen and oxygen atoms in total. The van der Waals surface area contributed by atoms with Crippen LogP contribution in [-0.2, 0) is 4.79 Å². The summed E-state index contributed by atoms with van der Waals surface area (Å²) >= 11 is 0. The molecule has 5 rings (SSSR count). The van der Waals surface area contributed by atoms with Gasteiger partial charge < -0.3 is 29.0 Å². The fourth-order valence-corrected chi connectivity index (χ4v) is 5.06. The molecule has 2 heterocycles. The quantitative estimate of drug-likeness (QED) is 0.528. The molecule has 0 amide bonds. The average Bonchev–Trinajstić information content (AvgIpc) is 3.38. The molecule has 10 heteroatoms. The largest absolute Gasteiger partial charge is 0.497 e. The number of aromatic nitrogens is 3. The molecule has 0 unspecified atom stereocenters. The lowest BCUT2D eigenvalue weighted by atomic mass is 9.77. The van der Waals surface area contributed by atoms with E-state index < -0.39 is 6.04 Å². The van der Waals surface area contributed by atoms with Crippen molar-refractivity contribution in [2.45, 2.75) is 24.8 Å². The van der Waals surface area contributed by atoms with Crippen LogP contribution in [0.15, 0.2) is 47.9 Å². The van der Waals surface area contributed by atoms with E-state index in [-0.39, 0.29) is 11.7 Å². The number of nitrogens with one attached hydrogen (secondary N) is 1. The number of methoxy groups -OCH3 is 5. The Morgan fingerprint density at radius 3 is 2.25 bits per heavy atom. The zero-order chi connectivity index (χ0) is 25.4. The number of rotatable bonds is 7. The first kappa shape index (κ1) is 23.5. The second kappa shape index (κ2) is 9.44. The smallest absolute Gasteiger partial charge is 0.226 e. The van der Waals surface area contributed by atoms with Gasteiger partial charge in [0.1, 0.15) is 23.9 Å². The number of hydrogen-bond donors (Lipinski definition) is 1. The maximum Gasteiger partial charge on any atom is 0.226 e. The first-order valence-electron chi connectivity index (χ1n) is 11.5. The van der Waals surface area contributed by atoms with Crippen LogP contribution in [-0.4, -0.2) is 56.1 Å². The Bertz CT molecular complexity index is 1320. The minimum Gasteiger partial charge on any atom is -0.497 e. The zero-order valence-corrected chi connectivity index (χ0v) is 20.8. The van der Waals surface area contributed by atoms with Gasteiger partial charge in [-0.25, -0.2) is 4.68 Å². The molecule has 0 saturated heterocycles. The second-order valence-corrected chi connectivity index (χ2v) is 8.54. The van der Waals surface area contributed by atoms with Crippen LogP contribution in [0.2, 0.25) is 0 Å². The Balaban J connectivity index is 1.59. The molecule has 3 aromatic rings. The Kier molecular flexibility index (Phi) is 6.17. The summed E-state index contributed by atoms with van der Waals surface area (Å²) in [6.45, 7) is 0. The van der Waals surface area contributed by atoms with Crippen LogP contribution in [0.5, 0.6) is 28.7 Å². The van der Waals surface area contributed by atoms with Crippen LogP contribution < -0.4 is 29.0 Å². The number of benzene rings is 2. The van der Waals surface area contributed by atoms with Crippen molar-refractivity contribution in [3.05, 3.63) is 59.1 Å². The number of hydrogen-bond acceptors (Lipinski definition) is 9. The number of carbonyl (C=O) groups is 1. The molecule has 2 aromatic carbocycles. The summed E-state index contributed by atoms with van der Waals surface area (Å²) in [5.41, 5.74) is 3.20. The van der Waals surface area contributed by atoms with Gasteiger partial charge in [0.25, 0.3) is 0 Å². The standard InChI is InChI=1S/C26H28N4O6/c1-32-16-6-7-17(20(12-16)33-2)24-23-18(29-26-27-13-28-30(24)26)8-14(9-19(23)31)15-10-21(34-3)25(36-5)22(11-15)35-4/h6-7,10-14,24H,8-9H2,1-5H3,(H,27,28,29)/t14-,24-/m1/s1. The summed E-state index contributed by atoms with van der Waals surface area (Å²) in [5.74, 6) is 3.38. The molecule has 1 aromatic heterocycles. The molecule has 0 bridgehead atoms. The summed E-state index contributed by atoms with van der Waals surface area (Å²) in [6.07, 6.45) is 2.39. The van der Waals surface area contributed by atoms with Crippen molar-refractivity contribution in [3.8, 4) is 28.7 Å². The number of carbonyl (C=O) groups excluding carboxylic acids is 1. The van der Waals surface area contributed by atoms with Gasteiger partial charge >= 0.3 is 0 Å². The van der Waals surface area contributed by atoms with Crippen LogP contribution in [0, 0.1) is 0 Å². The Hall–Kier alpha value is -4.21. The summed E-state index contributed by atoms with van der Waals surface area (Å²) < 4.78 is 29.3. The highest BCUT2D eigenvalue weighted by Gasteiger charge is 2.40. The molecule has 2 atom stereocenters. The molecule has 36 heavy (non-hydrogen) atoms. The lowest BCUT2D eigenvalue weighted by molar-refractivity contribution is -0.116. The lowest BCUT2D eigenvalue weighted by Gasteiger charge is -2.35. The monoisotopic (exact) mass is 492 g/mol. The number of ketones is 1. The van der Waals surface area contributed by atoms with E-state index in [0.717, 1.165) is 16.8 Å². The fraction of sp³-hybridized carbons (Fsp3) is 0.346. The van der Waals surface area contributed by atoms with E-state index >= 15 is 0 Å². The van der Waals surface area contributed by atoms with Crippen molar-refractivity contribution >= 4 is 11.7 Å². The van der Waals surface area contributed by atoms with Gasteiger partial charge in [-0.3, -0.25) is 4.79 Å². The molecule has 0 saturated carbocycles. The van der Waals surface area contributed by atoms with E-state index in [9.17, 15) is 4.79 Å². The van der Waals surface area contributed by atoms with Gasteiger partial charge in [-0.2, -0.15) is 10.1 Å². The number of ether oxygens (including phenoxy) is 5. The Morgan fingerprint density at radius 2 is 1.61 bits per heavy atom. The lowest BCUT2D eigenvalue weighted by Crippen LogP contribution is -2.33. The highest BCUT2D eigenvalue weighted by Crippen LogP contribution is 2.48. The van der Waals surface area contributed by atoms with Gasteiger partial charge in [-0.1, -0.05) is 0 Å². The minimum absolute atomic E-state index is 0.0199. The molecule has 1 N–H and O–H groups in total. The van der Waals surface area contributed by atoms with E-state index in [1.165, 1.54) is 6.33 Å². The van der Waals surface area contributed by atoms with Gasteiger partial charge in [0.05, 0.1) is 35.5 Å². The van der Waals surface area contributed by atoms with Crippen molar-refractivity contribution in [1.82, 2.24) is 14.8 Å². The fourth-order valence-electron chi connectivity index (χ4n) is 5.06. The van der Waals surface area contributed by atoms with Crippen molar-refractivity contribution in [3.63, 3.8) is 0 Å². The minimum atomic E-state index is -0.479. The Labute approximate surface area is 208 Å². The number of nitrogens with zero attached hydrogens (tertiary/aromatic N) is 3. The summed E-state index contributed by atoms with van der Waals surface area (Å²) in [7, 11) is 7.92. The molecule has 188 valence electrons. The van der Waals surface area contributed by atoms with Crippen molar-refractivity contribution < 1.29 is 28.5 Å². The number of Topliss-reactive ketones (excluding diaryl/α,β-unsaturated/α-hetero) is 1. The van der Waals surface area contributed by atoms with E-state index in [2.05, 4.69) is 15.4 Å². The van der Waals surface area contributed by atoms with Crippen LogP contribution in [0.4, 0.5) is 5.95 Å². The van der Waals surface area contributed by atoms with Gasteiger partial charge in [0.15, 0.2) is 17.3 Å². The maximum absolute atomic E-state index is 13.8. The Morgan fingerprint density at radius 1 is 0.889 bits per heavy atom. The van der Waals surface area contributed by atoms with Gasteiger partial charge in [-0.15, -0.1) is 0 Å². The first-order valence-corrected chi connectivity index (χ1v) is 11.5. The predicted molar refractivity (Wildman–Crippen MR) is 131 cm³/mol. The van der Waals surface area contributed by atoms with Crippen molar-refractivity contribution in [2.24, 2.45) is 0 Å². The van der Waals surface area contributed by atoms with E-state index in [4.69, 9.17) is 23.7 Å². The highest BCUT2D eigenvalue weighted by atomic mass is 16.5. The van der Waals surface area contributed by atoms with E-state index in [1.54, 1.807) is 46.3 Å². The third-order valence-corrected chi connectivity index (χ3v) is 6.76. The topological polar surface area (TPSA) is 106 Å². The number of fused-ring (bicyclic) bond motifs is 1. The predicted octanol–water partition coefficient (Wildman–Crippen LogP) is 3.74. The summed E-state index contributed by atoms with van der Waals surface area (Å²) in [5, 5.41) is 7.77. The third kappa shape index (κ3) is 3.78. The molecule has 1 aliphatic carbocycles. The van der Waals surface area contributed by atoms with Gasteiger partial charge in [0, 0.05) is 29.3 Å². The SMILES string of the molecule is COc1ccc([C@@H]2C3=C(C[C@@H](c4cc(OC)c(OC)c(OC)c4)CC3=O)Nc3ncnn32)c(OC)c1. The van der Waals surface area contributed by atoms with Gasteiger partial charge in [0.2, 0.25) is 11.7 Å². The molecule has 0 radical (unpaired) electrons. The molecule has 0 spiro atoms. The summed E-state index contributed by atoms with van der Waals surface area (Å²) in [4.78, 5) is 18.2. The van der Waals surface area contributed by atoms with Crippen LogP contribution in [0.3, 0.4) is 0 Å². The van der Waals surface area contributed by atoms with Crippen LogP contribution in [0.1, 0.15) is 35.9 Å². The number of anilines is 1. The molecule has 1 aliphatic heterocycles. The maximum atomic E-state index is 13.8. The highest BCUT2D eigenvalue weighted by molar-refractivity contribution is 6.00. The third-order valence-electron chi connectivity index (χ3n) is 6.76. The summed E-state index contributed by atoms with van der Waals surface area (Å²) in [6, 6.07) is 8.89. The van der Waals surface area contributed by atoms with Crippen LogP contribution in [0.25, 0.3) is 0 Å².